The summed E-state index contributed by atoms with van der Waals surface area (Å²) < 4.78 is 2.15. The quantitative estimate of drug-likeness (QED) is 0.793. The lowest BCUT2D eigenvalue weighted by atomic mass is 10.2. The highest BCUT2D eigenvalue weighted by Gasteiger charge is 2.04. The minimum atomic E-state index is 0.266. The average Bonchev–Trinajstić information content (AvgIpc) is 2.66. The number of carbonyl (C=O) groups excluding carboxylic acids is 1. The second-order valence-electron chi connectivity index (χ2n) is 4.76. The Bertz CT molecular complexity index is 542. The molecule has 96 valence electrons. The number of Topliss-reactive ketones (excluding diaryl/α,β-unsaturated/α-hetero) is 1. The fraction of sp³-hybridized carbons (Fsp3) is 0.400. The number of aryl methyl sites for hydroxylation is 1. The van der Waals surface area contributed by atoms with Crippen molar-refractivity contribution in [2.24, 2.45) is 7.05 Å². The van der Waals surface area contributed by atoms with E-state index < -0.39 is 0 Å². The Hall–Kier alpha value is -1.61. The Morgan fingerprint density at radius 1 is 1.33 bits per heavy atom. The third kappa shape index (κ3) is 2.99. The molecule has 0 amide bonds. The van der Waals surface area contributed by atoms with Crippen LogP contribution >= 0.6 is 0 Å². The molecule has 1 heterocycles. The van der Waals surface area contributed by atoms with Gasteiger partial charge in [0.1, 0.15) is 5.78 Å². The topological polar surface area (TPSA) is 34.0 Å². The van der Waals surface area contributed by atoms with Gasteiger partial charge in [-0.3, -0.25) is 0 Å². The first-order chi connectivity index (χ1) is 8.68. The number of hydrogen-bond acceptors (Lipinski definition) is 2. The Morgan fingerprint density at radius 2 is 2.11 bits per heavy atom. The van der Waals surface area contributed by atoms with Gasteiger partial charge in [-0.05, 0) is 31.5 Å². The van der Waals surface area contributed by atoms with Crippen LogP contribution in [-0.4, -0.2) is 16.9 Å². The number of fused-ring (bicyclic) bond motifs is 1. The van der Waals surface area contributed by atoms with Crippen LogP contribution in [0.3, 0.4) is 0 Å². The van der Waals surface area contributed by atoms with Crippen molar-refractivity contribution in [2.75, 3.05) is 6.54 Å². The lowest BCUT2D eigenvalue weighted by Gasteiger charge is -2.02. The van der Waals surface area contributed by atoms with Gasteiger partial charge < -0.3 is 14.7 Å². The Balaban J connectivity index is 1.94. The van der Waals surface area contributed by atoms with E-state index in [2.05, 4.69) is 47.4 Å². The third-order valence-corrected chi connectivity index (χ3v) is 3.18. The second kappa shape index (κ2) is 5.83. The number of aromatic nitrogens is 1. The van der Waals surface area contributed by atoms with E-state index in [-0.39, 0.29) is 5.78 Å². The average molecular weight is 244 g/mol. The molecule has 0 spiro atoms. The summed E-state index contributed by atoms with van der Waals surface area (Å²) in [7, 11) is 2.07. The first-order valence-electron chi connectivity index (χ1n) is 6.41. The maximum Gasteiger partial charge on any atom is 0.129 e. The normalized spacial score (nSPS) is 11.0. The molecule has 0 atom stereocenters. The lowest BCUT2D eigenvalue weighted by molar-refractivity contribution is -0.117. The number of nitrogens with one attached hydrogen (secondary N) is 1. The molecule has 0 saturated carbocycles. The monoisotopic (exact) mass is 244 g/mol. The van der Waals surface area contributed by atoms with Crippen molar-refractivity contribution in [3.63, 3.8) is 0 Å². The van der Waals surface area contributed by atoms with Crippen LogP contribution in [0.25, 0.3) is 10.9 Å². The summed E-state index contributed by atoms with van der Waals surface area (Å²) in [6, 6.07) is 8.42. The van der Waals surface area contributed by atoms with Crippen LogP contribution in [0, 0.1) is 0 Å². The van der Waals surface area contributed by atoms with Gasteiger partial charge in [0.15, 0.2) is 0 Å². The molecular formula is C15H20N2O. The van der Waals surface area contributed by atoms with Gasteiger partial charge >= 0.3 is 0 Å². The van der Waals surface area contributed by atoms with Gasteiger partial charge in [-0.15, -0.1) is 0 Å². The molecule has 1 aromatic heterocycles. The van der Waals surface area contributed by atoms with Gasteiger partial charge in [-0.2, -0.15) is 0 Å². The molecule has 0 radical (unpaired) electrons. The number of rotatable bonds is 6. The Morgan fingerprint density at radius 3 is 2.89 bits per heavy atom. The number of nitrogens with zero attached hydrogens (tertiary/aromatic N) is 1. The summed E-state index contributed by atoms with van der Waals surface area (Å²) in [4.78, 5) is 10.8. The van der Waals surface area contributed by atoms with Crippen molar-refractivity contribution >= 4 is 16.7 Å². The van der Waals surface area contributed by atoms with Gasteiger partial charge in [0.25, 0.3) is 0 Å². The summed E-state index contributed by atoms with van der Waals surface area (Å²) in [6.07, 6.45) is 3.76. The molecule has 2 aromatic rings. The number of benzene rings is 1. The maximum atomic E-state index is 10.8. The van der Waals surface area contributed by atoms with Gasteiger partial charge in [-0.25, -0.2) is 0 Å². The first kappa shape index (κ1) is 12.8. The largest absolute Gasteiger partial charge is 0.350 e. The van der Waals surface area contributed by atoms with Crippen LogP contribution in [-0.2, 0) is 18.4 Å². The number of para-hydroxylation sites is 1. The van der Waals surface area contributed by atoms with E-state index in [1.807, 2.05) is 0 Å². The fourth-order valence-corrected chi connectivity index (χ4v) is 2.25. The molecule has 0 aliphatic rings. The minimum absolute atomic E-state index is 0.266. The Kier molecular flexibility index (Phi) is 4.15. The van der Waals surface area contributed by atoms with Crippen molar-refractivity contribution in [1.82, 2.24) is 9.88 Å². The molecule has 1 aromatic carbocycles. The standard InChI is InChI=1S/C15H20N2O/c1-12(18)6-5-9-16-10-13-11-17(2)15-8-4-3-7-14(13)15/h3-4,7-8,11,16H,5-6,9-10H2,1-2H3. The summed E-state index contributed by atoms with van der Waals surface area (Å²) in [5, 5.41) is 4.70. The SMILES string of the molecule is CC(=O)CCCNCc1cn(C)c2ccccc12. The highest BCUT2D eigenvalue weighted by molar-refractivity contribution is 5.83. The van der Waals surface area contributed by atoms with Gasteiger partial charge in [0, 0.05) is 37.1 Å². The molecule has 3 nitrogen and oxygen atoms in total. The van der Waals surface area contributed by atoms with Crippen LogP contribution in [0.2, 0.25) is 0 Å². The summed E-state index contributed by atoms with van der Waals surface area (Å²) in [5.41, 5.74) is 2.58. The Labute approximate surface area is 108 Å². The van der Waals surface area contributed by atoms with E-state index in [0.29, 0.717) is 6.42 Å². The predicted octanol–water partition coefficient (Wildman–Crippen LogP) is 2.64. The third-order valence-electron chi connectivity index (χ3n) is 3.18. The van der Waals surface area contributed by atoms with Gasteiger partial charge in [-0.1, -0.05) is 18.2 Å². The molecular weight excluding hydrogens is 224 g/mol. The second-order valence-corrected chi connectivity index (χ2v) is 4.76. The van der Waals surface area contributed by atoms with Gasteiger partial charge in [0.2, 0.25) is 0 Å². The predicted molar refractivity (Wildman–Crippen MR) is 74.5 cm³/mol. The zero-order valence-electron chi connectivity index (χ0n) is 11.1. The van der Waals surface area contributed by atoms with Crippen LogP contribution < -0.4 is 5.32 Å². The molecule has 0 unspecified atom stereocenters. The van der Waals surface area contributed by atoms with E-state index in [9.17, 15) is 4.79 Å². The van der Waals surface area contributed by atoms with E-state index in [1.165, 1.54) is 16.5 Å². The van der Waals surface area contributed by atoms with Crippen molar-refractivity contribution in [1.29, 1.82) is 0 Å². The maximum absolute atomic E-state index is 10.8. The molecule has 0 saturated heterocycles. The van der Waals surface area contributed by atoms with E-state index >= 15 is 0 Å². The van der Waals surface area contributed by atoms with Crippen LogP contribution in [0.1, 0.15) is 25.3 Å². The molecule has 0 fully saturated rings. The summed E-state index contributed by atoms with van der Waals surface area (Å²) >= 11 is 0. The van der Waals surface area contributed by atoms with Crippen LogP contribution in [0.15, 0.2) is 30.5 Å². The smallest absolute Gasteiger partial charge is 0.129 e. The van der Waals surface area contributed by atoms with Gasteiger partial charge in [0.05, 0.1) is 0 Å². The van der Waals surface area contributed by atoms with E-state index in [1.54, 1.807) is 6.92 Å². The summed E-state index contributed by atoms with van der Waals surface area (Å²) in [5.74, 6) is 0.266. The number of ketones is 1. The zero-order valence-corrected chi connectivity index (χ0v) is 11.1. The van der Waals surface area contributed by atoms with Crippen LogP contribution in [0.5, 0.6) is 0 Å². The zero-order chi connectivity index (χ0) is 13.0. The van der Waals surface area contributed by atoms with Crippen molar-refractivity contribution in [3.8, 4) is 0 Å². The molecule has 1 N–H and O–H groups in total. The number of hydrogen-bond donors (Lipinski definition) is 1. The van der Waals surface area contributed by atoms with Crippen molar-refractivity contribution in [3.05, 3.63) is 36.0 Å². The highest BCUT2D eigenvalue weighted by Crippen LogP contribution is 2.19. The summed E-state index contributed by atoms with van der Waals surface area (Å²) in [6.45, 7) is 3.40. The molecule has 3 heteroatoms. The fourth-order valence-electron chi connectivity index (χ4n) is 2.25. The minimum Gasteiger partial charge on any atom is -0.350 e. The van der Waals surface area contributed by atoms with E-state index in [4.69, 9.17) is 0 Å². The van der Waals surface area contributed by atoms with Crippen molar-refractivity contribution < 1.29 is 4.79 Å². The van der Waals surface area contributed by atoms with Crippen molar-refractivity contribution in [2.45, 2.75) is 26.3 Å². The molecule has 18 heavy (non-hydrogen) atoms. The van der Waals surface area contributed by atoms with Crippen LogP contribution in [0.4, 0.5) is 0 Å². The molecule has 0 aliphatic heterocycles. The van der Waals surface area contributed by atoms with E-state index in [0.717, 1.165) is 19.5 Å². The molecule has 0 bridgehead atoms. The number of carbonyl (C=O) groups is 1. The molecule has 0 aliphatic carbocycles. The first-order valence-corrected chi connectivity index (χ1v) is 6.41. The highest BCUT2D eigenvalue weighted by atomic mass is 16.1. The lowest BCUT2D eigenvalue weighted by Crippen LogP contribution is -2.15. The molecule has 2 rings (SSSR count).